The van der Waals surface area contributed by atoms with Crippen LogP contribution in [0.25, 0.3) is 5.76 Å². The molecule has 0 unspecified atom stereocenters. The predicted octanol–water partition coefficient (Wildman–Crippen LogP) is 4.78. The molecule has 5 nitrogen and oxygen atoms in total. The summed E-state index contributed by atoms with van der Waals surface area (Å²) in [6, 6.07) is 21.1. The molecule has 6 heteroatoms. The van der Waals surface area contributed by atoms with Crippen LogP contribution in [0.5, 0.6) is 5.75 Å². The second kappa shape index (κ2) is 7.56. The maximum atomic E-state index is 13.0. The van der Waals surface area contributed by atoms with Crippen LogP contribution in [0.15, 0.2) is 88.9 Å². The zero-order chi connectivity index (χ0) is 20.5. The van der Waals surface area contributed by atoms with Crippen molar-refractivity contribution in [1.82, 2.24) is 0 Å². The number of Topliss-reactive ketones (excluding diaryl/α,β-unsaturated/α-hetero) is 1. The monoisotopic (exact) mass is 449 g/mol. The Bertz CT molecular complexity index is 1110. The molecule has 1 aliphatic heterocycles. The average molecular weight is 450 g/mol. The molecule has 1 atom stereocenters. The maximum Gasteiger partial charge on any atom is 0.300 e. The van der Waals surface area contributed by atoms with Crippen LogP contribution in [-0.2, 0) is 9.59 Å². The lowest BCUT2D eigenvalue weighted by atomic mass is 9.95. The first kappa shape index (κ1) is 19.0. The molecule has 0 aromatic heterocycles. The SMILES string of the molecule is O=C1C(=O)N(c2ccc(O)cc2)[C@H](c2ccc(Br)cc2)C1=C(O)c1ccccc1. The van der Waals surface area contributed by atoms with E-state index in [1.165, 1.54) is 17.0 Å². The minimum absolute atomic E-state index is 0.0246. The number of aliphatic hydroxyl groups excluding tert-OH is 1. The predicted molar refractivity (Wildman–Crippen MR) is 113 cm³/mol. The molecule has 29 heavy (non-hydrogen) atoms. The number of benzene rings is 3. The Labute approximate surface area is 175 Å². The molecular formula is C23H16BrNO4. The lowest BCUT2D eigenvalue weighted by Crippen LogP contribution is -2.29. The van der Waals surface area contributed by atoms with Gasteiger partial charge in [-0.3, -0.25) is 14.5 Å². The highest BCUT2D eigenvalue weighted by Crippen LogP contribution is 2.42. The largest absolute Gasteiger partial charge is 0.508 e. The summed E-state index contributed by atoms with van der Waals surface area (Å²) in [5.74, 6) is -1.67. The summed E-state index contributed by atoms with van der Waals surface area (Å²) in [6.45, 7) is 0. The van der Waals surface area contributed by atoms with Gasteiger partial charge in [-0.2, -0.15) is 0 Å². The lowest BCUT2D eigenvalue weighted by Gasteiger charge is -2.25. The summed E-state index contributed by atoms with van der Waals surface area (Å²) >= 11 is 3.39. The molecule has 3 aromatic rings. The van der Waals surface area contributed by atoms with Crippen LogP contribution < -0.4 is 4.90 Å². The molecule has 0 aliphatic carbocycles. The van der Waals surface area contributed by atoms with E-state index in [-0.39, 0.29) is 17.1 Å². The van der Waals surface area contributed by atoms with Gasteiger partial charge in [-0.05, 0) is 42.0 Å². The minimum Gasteiger partial charge on any atom is -0.508 e. The zero-order valence-corrected chi connectivity index (χ0v) is 16.7. The Morgan fingerprint density at radius 1 is 0.862 bits per heavy atom. The van der Waals surface area contributed by atoms with Crippen molar-refractivity contribution in [1.29, 1.82) is 0 Å². The minimum atomic E-state index is -0.798. The Kier molecular flexibility index (Phi) is 4.94. The first-order valence-corrected chi connectivity index (χ1v) is 9.67. The fourth-order valence-electron chi connectivity index (χ4n) is 3.42. The van der Waals surface area contributed by atoms with Gasteiger partial charge in [-0.1, -0.05) is 58.4 Å². The van der Waals surface area contributed by atoms with Crippen molar-refractivity contribution in [3.63, 3.8) is 0 Å². The second-order valence-corrected chi connectivity index (χ2v) is 7.52. The number of carbonyl (C=O) groups excluding carboxylic acids is 2. The molecule has 0 saturated carbocycles. The van der Waals surface area contributed by atoms with Gasteiger partial charge in [0.15, 0.2) is 0 Å². The highest BCUT2D eigenvalue weighted by molar-refractivity contribution is 9.10. The quantitative estimate of drug-likeness (QED) is 0.342. The molecule has 4 rings (SSSR count). The number of rotatable bonds is 3. The van der Waals surface area contributed by atoms with E-state index in [0.29, 0.717) is 16.8 Å². The zero-order valence-electron chi connectivity index (χ0n) is 15.1. The van der Waals surface area contributed by atoms with Crippen molar-refractivity contribution in [2.45, 2.75) is 6.04 Å². The van der Waals surface area contributed by atoms with E-state index in [0.717, 1.165) is 4.47 Å². The molecule has 1 aliphatic rings. The molecule has 1 amide bonds. The molecule has 144 valence electrons. The van der Waals surface area contributed by atoms with Gasteiger partial charge < -0.3 is 10.2 Å². The number of aliphatic hydroxyl groups is 1. The Morgan fingerprint density at radius 3 is 2.10 bits per heavy atom. The number of hydrogen-bond acceptors (Lipinski definition) is 4. The summed E-state index contributed by atoms with van der Waals surface area (Å²) < 4.78 is 0.853. The van der Waals surface area contributed by atoms with E-state index in [9.17, 15) is 19.8 Å². The molecule has 0 spiro atoms. The Hall–Kier alpha value is -3.38. The van der Waals surface area contributed by atoms with E-state index in [2.05, 4.69) is 15.9 Å². The second-order valence-electron chi connectivity index (χ2n) is 6.60. The van der Waals surface area contributed by atoms with E-state index in [1.807, 2.05) is 12.1 Å². The number of halogens is 1. The van der Waals surface area contributed by atoms with Crippen molar-refractivity contribution in [3.8, 4) is 5.75 Å². The summed E-state index contributed by atoms with van der Waals surface area (Å²) in [7, 11) is 0. The molecule has 0 bridgehead atoms. The third kappa shape index (κ3) is 3.43. The van der Waals surface area contributed by atoms with Gasteiger partial charge in [-0.25, -0.2) is 0 Å². The molecule has 1 heterocycles. The topological polar surface area (TPSA) is 77.8 Å². The molecular weight excluding hydrogens is 434 g/mol. The lowest BCUT2D eigenvalue weighted by molar-refractivity contribution is -0.132. The van der Waals surface area contributed by atoms with Crippen LogP contribution in [0.2, 0.25) is 0 Å². The van der Waals surface area contributed by atoms with Crippen molar-refractivity contribution in [3.05, 3.63) is 100 Å². The number of phenolic OH excluding ortho intramolecular Hbond substituents is 1. The molecule has 3 aromatic carbocycles. The number of phenols is 1. The first-order chi connectivity index (χ1) is 14.0. The fraction of sp³-hybridized carbons (Fsp3) is 0.0435. The number of hydrogen-bond donors (Lipinski definition) is 2. The van der Waals surface area contributed by atoms with Crippen LogP contribution in [-0.4, -0.2) is 21.9 Å². The summed E-state index contributed by atoms with van der Waals surface area (Å²) in [5, 5.41) is 20.5. The standard InChI is InChI=1S/C23H16BrNO4/c24-16-8-6-14(7-9-16)20-19(21(27)15-4-2-1-3-5-15)22(28)23(29)25(20)17-10-12-18(26)13-11-17/h1-13,20,26-27H/t20-/m1/s1. The Morgan fingerprint density at radius 2 is 1.48 bits per heavy atom. The fourth-order valence-corrected chi connectivity index (χ4v) is 3.69. The number of aromatic hydroxyl groups is 1. The van der Waals surface area contributed by atoms with Gasteiger partial charge >= 0.3 is 0 Å². The number of nitrogens with zero attached hydrogens (tertiary/aromatic N) is 1. The van der Waals surface area contributed by atoms with Crippen LogP contribution in [0, 0.1) is 0 Å². The van der Waals surface area contributed by atoms with Crippen molar-refractivity contribution < 1.29 is 19.8 Å². The maximum absolute atomic E-state index is 13.0. The highest BCUT2D eigenvalue weighted by atomic mass is 79.9. The number of carbonyl (C=O) groups is 2. The van der Waals surface area contributed by atoms with Crippen LogP contribution in [0.3, 0.4) is 0 Å². The Balaban J connectivity index is 1.94. The van der Waals surface area contributed by atoms with Crippen LogP contribution >= 0.6 is 15.9 Å². The van der Waals surface area contributed by atoms with Gasteiger partial charge in [0, 0.05) is 15.7 Å². The van der Waals surface area contributed by atoms with Crippen molar-refractivity contribution in [2.24, 2.45) is 0 Å². The first-order valence-electron chi connectivity index (χ1n) is 8.88. The third-order valence-electron chi connectivity index (χ3n) is 4.81. The van der Waals surface area contributed by atoms with E-state index in [4.69, 9.17) is 0 Å². The van der Waals surface area contributed by atoms with Crippen molar-refractivity contribution in [2.75, 3.05) is 4.90 Å². The molecule has 0 radical (unpaired) electrons. The van der Waals surface area contributed by atoms with E-state index >= 15 is 0 Å². The van der Waals surface area contributed by atoms with E-state index in [1.54, 1.807) is 54.6 Å². The van der Waals surface area contributed by atoms with E-state index < -0.39 is 17.7 Å². The summed E-state index contributed by atoms with van der Waals surface area (Å²) in [6.07, 6.45) is 0. The molecule has 1 saturated heterocycles. The van der Waals surface area contributed by atoms with Gasteiger partial charge in [0.1, 0.15) is 11.5 Å². The summed E-state index contributed by atoms with van der Waals surface area (Å²) in [5.41, 5.74) is 1.61. The van der Waals surface area contributed by atoms with Crippen molar-refractivity contribution >= 4 is 39.1 Å². The van der Waals surface area contributed by atoms with Gasteiger partial charge in [-0.15, -0.1) is 0 Å². The van der Waals surface area contributed by atoms with Gasteiger partial charge in [0.25, 0.3) is 11.7 Å². The smallest absolute Gasteiger partial charge is 0.300 e. The third-order valence-corrected chi connectivity index (χ3v) is 5.33. The highest BCUT2D eigenvalue weighted by Gasteiger charge is 2.46. The van der Waals surface area contributed by atoms with Gasteiger partial charge in [0.05, 0.1) is 11.6 Å². The summed E-state index contributed by atoms with van der Waals surface area (Å²) in [4.78, 5) is 27.2. The van der Waals surface area contributed by atoms with Crippen LogP contribution in [0.1, 0.15) is 17.2 Å². The normalized spacial score (nSPS) is 18.2. The van der Waals surface area contributed by atoms with Crippen LogP contribution in [0.4, 0.5) is 5.69 Å². The average Bonchev–Trinajstić information content (AvgIpc) is 3.00. The molecule has 2 N–H and O–H groups in total. The number of ketones is 1. The number of amides is 1. The number of anilines is 1. The molecule has 1 fully saturated rings. The van der Waals surface area contributed by atoms with Gasteiger partial charge in [0.2, 0.25) is 0 Å².